The van der Waals surface area contributed by atoms with Crippen molar-refractivity contribution in [2.45, 2.75) is 64.4 Å². The SMILES string of the molecule is C[C@@H]1CC2=CC(=O)CCC2C2CC[C@@]3(C)C(CC[C@@]3(O)C#Cc3ccc([N+](=O)[O-])cc3)C21. The van der Waals surface area contributed by atoms with E-state index in [2.05, 4.69) is 25.7 Å². The van der Waals surface area contributed by atoms with E-state index in [1.165, 1.54) is 17.7 Å². The number of non-ortho nitro benzene ring substituents is 1. The highest BCUT2D eigenvalue weighted by molar-refractivity contribution is 5.91. The summed E-state index contributed by atoms with van der Waals surface area (Å²) in [6, 6.07) is 6.23. The number of allylic oxidation sites excluding steroid dienone is 1. The molecule has 0 spiro atoms. The lowest BCUT2D eigenvalue weighted by molar-refractivity contribution is -0.384. The summed E-state index contributed by atoms with van der Waals surface area (Å²) in [4.78, 5) is 22.5. The largest absolute Gasteiger partial charge is 0.377 e. The van der Waals surface area contributed by atoms with Crippen LogP contribution in [-0.4, -0.2) is 21.4 Å². The second-order valence-corrected chi connectivity index (χ2v) is 10.8. The van der Waals surface area contributed by atoms with Crippen LogP contribution >= 0.6 is 0 Å². The molecule has 3 fully saturated rings. The molecule has 0 saturated heterocycles. The first-order valence-corrected chi connectivity index (χ1v) is 12.0. The van der Waals surface area contributed by atoms with Crippen LogP contribution < -0.4 is 0 Å². The minimum Gasteiger partial charge on any atom is -0.377 e. The summed E-state index contributed by atoms with van der Waals surface area (Å²) in [6.45, 7) is 4.56. The van der Waals surface area contributed by atoms with Crippen LogP contribution in [0.1, 0.15) is 64.4 Å². The summed E-state index contributed by atoms with van der Waals surface area (Å²) in [7, 11) is 0. The van der Waals surface area contributed by atoms with E-state index < -0.39 is 10.5 Å². The third kappa shape index (κ3) is 3.23. The lowest BCUT2D eigenvalue weighted by atomic mass is 9.48. The van der Waals surface area contributed by atoms with Gasteiger partial charge in [-0.3, -0.25) is 14.9 Å². The number of ketones is 1. The van der Waals surface area contributed by atoms with Crippen molar-refractivity contribution in [3.05, 3.63) is 51.6 Å². The Morgan fingerprint density at radius 2 is 1.91 bits per heavy atom. The molecule has 0 aromatic heterocycles. The number of benzene rings is 1. The number of rotatable bonds is 1. The van der Waals surface area contributed by atoms with Crippen LogP contribution in [0.2, 0.25) is 0 Å². The molecule has 0 aliphatic heterocycles. The fourth-order valence-corrected chi connectivity index (χ4v) is 7.65. The maximum atomic E-state index is 12.0. The zero-order valence-corrected chi connectivity index (χ0v) is 18.8. The molecule has 1 N–H and O–H groups in total. The standard InChI is InChI=1S/C27H31NO4/c1-17-15-19-16-21(29)7-8-22(19)23-10-12-26(2)24(25(17)23)11-14-27(26,30)13-9-18-3-5-20(6-4-18)28(31)32/h3-6,16-17,22-25,30H,7-8,10-12,14-15H2,1-2H3/t17-,22?,23?,24?,25?,26+,27+/m1/s1. The smallest absolute Gasteiger partial charge is 0.269 e. The number of aliphatic hydroxyl groups is 1. The van der Waals surface area contributed by atoms with Gasteiger partial charge in [0.2, 0.25) is 0 Å². The number of carbonyl (C=O) groups is 1. The van der Waals surface area contributed by atoms with Gasteiger partial charge in [-0.25, -0.2) is 0 Å². The number of fused-ring (bicyclic) bond motifs is 5. The van der Waals surface area contributed by atoms with Crippen LogP contribution in [0.3, 0.4) is 0 Å². The van der Waals surface area contributed by atoms with Gasteiger partial charge >= 0.3 is 0 Å². The predicted octanol–water partition coefficient (Wildman–Crippen LogP) is 5.07. The van der Waals surface area contributed by atoms with Crippen LogP contribution in [0.15, 0.2) is 35.9 Å². The minimum atomic E-state index is -1.04. The second-order valence-electron chi connectivity index (χ2n) is 10.8. The van der Waals surface area contributed by atoms with Gasteiger partial charge in [-0.15, -0.1) is 0 Å². The quantitative estimate of drug-likeness (QED) is 0.381. The van der Waals surface area contributed by atoms with E-state index in [0.717, 1.165) is 32.1 Å². The molecular weight excluding hydrogens is 402 g/mol. The fourth-order valence-electron chi connectivity index (χ4n) is 7.65. The Morgan fingerprint density at radius 3 is 2.62 bits per heavy atom. The summed E-state index contributed by atoms with van der Waals surface area (Å²) in [5.41, 5.74) is 0.830. The molecule has 0 radical (unpaired) electrons. The molecule has 4 aliphatic rings. The highest BCUT2D eigenvalue weighted by atomic mass is 16.6. The molecular formula is C27H31NO4. The second kappa shape index (κ2) is 7.56. The van der Waals surface area contributed by atoms with Crippen molar-refractivity contribution in [2.24, 2.45) is 35.0 Å². The van der Waals surface area contributed by atoms with Crippen LogP contribution in [0.25, 0.3) is 0 Å². The molecule has 4 unspecified atom stereocenters. The lowest BCUT2D eigenvalue weighted by Gasteiger charge is -2.56. The van der Waals surface area contributed by atoms with Crippen molar-refractivity contribution in [3.63, 3.8) is 0 Å². The molecule has 0 bridgehead atoms. The van der Waals surface area contributed by atoms with Crippen LogP contribution in [0, 0.1) is 57.0 Å². The Bertz CT molecular complexity index is 1050. The number of nitro groups is 1. The average Bonchev–Trinajstić information content (AvgIpc) is 3.03. The Hall–Kier alpha value is -2.45. The number of hydrogen-bond donors (Lipinski definition) is 1. The van der Waals surface area contributed by atoms with Gasteiger partial charge in [0.25, 0.3) is 5.69 Å². The van der Waals surface area contributed by atoms with Crippen LogP contribution in [-0.2, 0) is 4.79 Å². The van der Waals surface area contributed by atoms with Gasteiger partial charge in [-0.1, -0.05) is 31.3 Å². The highest BCUT2D eigenvalue weighted by Crippen LogP contribution is 2.65. The lowest BCUT2D eigenvalue weighted by Crippen LogP contribution is -2.54. The normalized spacial score (nSPS) is 40.3. The summed E-state index contributed by atoms with van der Waals surface area (Å²) in [5, 5.41) is 22.6. The Balaban J connectivity index is 1.42. The third-order valence-corrected chi connectivity index (χ3v) is 9.28. The number of nitro benzene ring substituents is 1. The van der Waals surface area contributed by atoms with Gasteiger partial charge in [0.05, 0.1) is 4.92 Å². The van der Waals surface area contributed by atoms with E-state index in [9.17, 15) is 20.0 Å². The summed E-state index contributed by atoms with van der Waals surface area (Å²) in [6.07, 6.45) is 8.32. The molecule has 3 saturated carbocycles. The molecule has 1 aromatic rings. The van der Waals surface area contributed by atoms with E-state index in [4.69, 9.17) is 0 Å². The molecule has 0 heterocycles. The highest BCUT2D eigenvalue weighted by Gasteiger charge is 2.63. The van der Waals surface area contributed by atoms with E-state index >= 15 is 0 Å². The monoisotopic (exact) mass is 433 g/mol. The van der Waals surface area contributed by atoms with E-state index in [0.29, 0.717) is 53.8 Å². The first kappa shape index (κ1) is 21.4. The number of nitrogens with zero attached hydrogens (tertiary/aromatic N) is 1. The summed E-state index contributed by atoms with van der Waals surface area (Å²) in [5.74, 6) is 9.30. The molecule has 0 amide bonds. The van der Waals surface area contributed by atoms with Gasteiger partial charge in [-0.2, -0.15) is 0 Å². The Labute approximate surface area is 189 Å². The average molecular weight is 434 g/mol. The summed E-state index contributed by atoms with van der Waals surface area (Å²) < 4.78 is 0. The molecule has 5 rings (SSSR count). The van der Waals surface area contributed by atoms with Crippen LogP contribution in [0.5, 0.6) is 0 Å². The molecule has 4 aliphatic carbocycles. The van der Waals surface area contributed by atoms with E-state index in [1.807, 2.05) is 6.08 Å². The van der Waals surface area contributed by atoms with Crippen LogP contribution in [0.4, 0.5) is 5.69 Å². The molecule has 32 heavy (non-hydrogen) atoms. The first-order valence-electron chi connectivity index (χ1n) is 12.0. The van der Waals surface area contributed by atoms with Crippen molar-refractivity contribution in [2.75, 3.05) is 0 Å². The maximum absolute atomic E-state index is 12.0. The molecule has 5 nitrogen and oxygen atoms in total. The third-order valence-electron chi connectivity index (χ3n) is 9.28. The fraction of sp³-hybridized carbons (Fsp3) is 0.593. The Kier molecular flexibility index (Phi) is 5.05. The molecule has 5 heteroatoms. The van der Waals surface area contributed by atoms with Gasteiger partial charge < -0.3 is 5.11 Å². The number of hydrogen-bond acceptors (Lipinski definition) is 4. The topological polar surface area (TPSA) is 80.4 Å². The van der Waals surface area contributed by atoms with Crippen molar-refractivity contribution in [3.8, 4) is 11.8 Å². The van der Waals surface area contributed by atoms with Gasteiger partial charge in [0.1, 0.15) is 5.60 Å². The van der Waals surface area contributed by atoms with E-state index in [-0.39, 0.29) is 11.1 Å². The van der Waals surface area contributed by atoms with Crippen molar-refractivity contribution in [1.82, 2.24) is 0 Å². The Morgan fingerprint density at radius 1 is 1.16 bits per heavy atom. The zero-order chi connectivity index (χ0) is 22.7. The molecule has 1 aromatic carbocycles. The van der Waals surface area contributed by atoms with Crippen molar-refractivity contribution >= 4 is 11.5 Å². The maximum Gasteiger partial charge on any atom is 0.269 e. The van der Waals surface area contributed by atoms with E-state index in [1.54, 1.807) is 12.1 Å². The molecule has 168 valence electrons. The molecule has 7 atom stereocenters. The minimum absolute atomic E-state index is 0.0459. The van der Waals surface area contributed by atoms with Gasteiger partial charge in [0.15, 0.2) is 5.78 Å². The first-order chi connectivity index (χ1) is 15.2. The zero-order valence-electron chi connectivity index (χ0n) is 18.8. The van der Waals surface area contributed by atoms with Crippen molar-refractivity contribution < 1.29 is 14.8 Å². The van der Waals surface area contributed by atoms with Gasteiger partial charge in [-0.05, 0) is 86.3 Å². The number of carbonyl (C=O) groups excluding carboxylic acids is 1. The van der Waals surface area contributed by atoms with Gasteiger partial charge in [0, 0.05) is 29.5 Å². The predicted molar refractivity (Wildman–Crippen MR) is 122 cm³/mol. The van der Waals surface area contributed by atoms with Crippen molar-refractivity contribution in [1.29, 1.82) is 0 Å². The summed E-state index contributed by atoms with van der Waals surface area (Å²) >= 11 is 0.